The van der Waals surface area contributed by atoms with Gasteiger partial charge in [-0.15, -0.1) is 0 Å². The molecule has 2 aromatic carbocycles. The molecular formula is C25H33NO5. The van der Waals surface area contributed by atoms with Gasteiger partial charge in [0.05, 0.1) is 25.4 Å². The molecule has 0 fully saturated rings. The molecule has 6 nitrogen and oxygen atoms in total. The summed E-state index contributed by atoms with van der Waals surface area (Å²) < 4.78 is 16.6. The predicted molar refractivity (Wildman–Crippen MR) is 122 cm³/mol. The smallest absolute Gasteiger partial charge is 0.338 e. The van der Waals surface area contributed by atoms with Crippen LogP contribution in [0.3, 0.4) is 0 Å². The minimum Gasteiger partial charge on any atom is -0.490 e. The van der Waals surface area contributed by atoms with Gasteiger partial charge in [0.25, 0.3) is 0 Å². The van der Waals surface area contributed by atoms with Gasteiger partial charge in [-0.3, -0.25) is 4.79 Å². The van der Waals surface area contributed by atoms with Gasteiger partial charge in [-0.05, 0) is 68.1 Å². The molecule has 6 heteroatoms. The summed E-state index contributed by atoms with van der Waals surface area (Å²) in [7, 11) is 0. The Bertz CT molecular complexity index is 832. The van der Waals surface area contributed by atoms with Crippen molar-refractivity contribution < 1.29 is 23.8 Å². The van der Waals surface area contributed by atoms with Crippen molar-refractivity contribution in [2.45, 2.75) is 52.9 Å². The third kappa shape index (κ3) is 8.32. The normalized spacial score (nSPS) is 10.4. The molecule has 0 aliphatic heterocycles. The Morgan fingerprint density at radius 3 is 2.32 bits per heavy atom. The van der Waals surface area contributed by atoms with Crippen LogP contribution in [0.4, 0.5) is 5.69 Å². The van der Waals surface area contributed by atoms with Gasteiger partial charge in [0.15, 0.2) is 11.5 Å². The molecule has 0 bridgehead atoms. The van der Waals surface area contributed by atoms with Crippen molar-refractivity contribution in [3.05, 3.63) is 53.6 Å². The zero-order chi connectivity index (χ0) is 22.5. The Labute approximate surface area is 184 Å². The maximum Gasteiger partial charge on any atom is 0.338 e. The molecule has 0 atom stereocenters. The third-order valence-electron chi connectivity index (χ3n) is 4.55. The fourth-order valence-electron chi connectivity index (χ4n) is 2.87. The highest BCUT2D eigenvalue weighted by Crippen LogP contribution is 2.29. The third-order valence-corrected chi connectivity index (χ3v) is 4.55. The SMILES string of the molecule is CCCCOc1ccc(CCC(=O)Nc2ccc(C(=O)OCCC)cc2)cc1OCC. The van der Waals surface area contributed by atoms with Gasteiger partial charge in [-0.25, -0.2) is 4.79 Å². The lowest BCUT2D eigenvalue weighted by molar-refractivity contribution is -0.116. The Kier molecular flexibility index (Phi) is 10.4. The number of ether oxygens (including phenoxy) is 3. The zero-order valence-electron chi connectivity index (χ0n) is 18.7. The summed E-state index contributed by atoms with van der Waals surface area (Å²) in [6.45, 7) is 7.61. The first-order chi connectivity index (χ1) is 15.1. The number of esters is 1. The van der Waals surface area contributed by atoms with Crippen molar-refractivity contribution in [3.8, 4) is 11.5 Å². The first-order valence-corrected chi connectivity index (χ1v) is 11.0. The van der Waals surface area contributed by atoms with E-state index in [1.54, 1.807) is 24.3 Å². The van der Waals surface area contributed by atoms with Crippen LogP contribution in [0.5, 0.6) is 11.5 Å². The molecule has 0 spiro atoms. The number of amides is 1. The molecule has 0 saturated heterocycles. The van der Waals surface area contributed by atoms with Crippen LogP contribution >= 0.6 is 0 Å². The highest BCUT2D eigenvalue weighted by atomic mass is 16.5. The first-order valence-electron chi connectivity index (χ1n) is 11.0. The van der Waals surface area contributed by atoms with Gasteiger partial charge in [0.1, 0.15) is 0 Å². The summed E-state index contributed by atoms with van der Waals surface area (Å²) >= 11 is 0. The lowest BCUT2D eigenvalue weighted by Crippen LogP contribution is -2.13. The molecule has 0 unspecified atom stereocenters. The van der Waals surface area contributed by atoms with E-state index in [0.717, 1.165) is 30.6 Å². The Morgan fingerprint density at radius 1 is 0.871 bits per heavy atom. The number of rotatable bonds is 13. The summed E-state index contributed by atoms with van der Waals surface area (Å²) in [5.41, 5.74) is 2.12. The molecular weight excluding hydrogens is 394 g/mol. The van der Waals surface area contributed by atoms with Crippen LogP contribution in [0.15, 0.2) is 42.5 Å². The minimum atomic E-state index is -0.355. The standard InChI is InChI=1S/C25H33NO5/c1-4-7-17-30-22-14-8-19(18-23(22)29-6-3)9-15-24(27)26-21-12-10-20(11-13-21)25(28)31-16-5-2/h8,10-14,18H,4-7,9,15-17H2,1-3H3,(H,26,27). The minimum absolute atomic E-state index is 0.0949. The molecule has 1 amide bonds. The maximum absolute atomic E-state index is 12.3. The molecule has 2 aromatic rings. The monoisotopic (exact) mass is 427 g/mol. The fraction of sp³-hybridized carbons (Fsp3) is 0.440. The Balaban J connectivity index is 1.88. The number of unbranched alkanes of at least 4 members (excludes halogenated alkanes) is 1. The molecule has 1 N–H and O–H groups in total. The van der Waals surface area contributed by atoms with Gasteiger partial charge in [-0.1, -0.05) is 26.3 Å². The molecule has 0 aliphatic carbocycles. The number of nitrogens with one attached hydrogen (secondary N) is 1. The van der Waals surface area contributed by atoms with Crippen LogP contribution in [0, 0.1) is 0 Å². The van der Waals surface area contributed by atoms with E-state index in [1.165, 1.54) is 0 Å². The summed E-state index contributed by atoms with van der Waals surface area (Å²) in [5, 5.41) is 2.86. The largest absolute Gasteiger partial charge is 0.490 e. The van der Waals surface area contributed by atoms with Crippen LogP contribution in [-0.4, -0.2) is 31.7 Å². The van der Waals surface area contributed by atoms with Crippen LogP contribution in [0.1, 0.15) is 62.4 Å². The number of hydrogen-bond acceptors (Lipinski definition) is 5. The lowest BCUT2D eigenvalue weighted by Gasteiger charge is -2.13. The summed E-state index contributed by atoms with van der Waals surface area (Å²) in [6, 6.07) is 12.5. The number of aryl methyl sites for hydroxylation is 1. The van der Waals surface area contributed by atoms with Crippen molar-refractivity contribution in [3.63, 3.8) is 0 Å². The van der Waals surface area contributed by atoms with Crippen molar-refractivity contribution in [2.75, 3.05) is 25.1 Å². The topological polar surface area (TPSA) is 73.9 Å². The van der Waals surface area contributed by atoms with E-state index in [4.69, 9.17) is 14.2 Å². The quantitative estimate of drug-likeness (QED) is 0.342. The predicted octanol–water partition coefficient (Wildman–Crippen LogP) is 5.40. The van der Waals surface area contributed by atoms with Gasteiger partial charge in [0, 0.05) is 12.1 Å². The molecule has 0 heterocycles. The summed E-state index contributed by atoms with van der Waals surface area (Å²) in [6.07, 6.45) is 3.77. The van der Waals surface area contributed by atoms with Crippen LogP contribution in [-0.2, 0) is 16.0 Å². The van der Waals surface area contributed by atoms with Crippen LogP contribution in [0.2, 0.25) is 0 Å². The molecule has 0 aliphatic rings. The number of hydrogen-bond donors (Lipinski definition) is 1. The van der Waals surface area contributed by atoms with Crippen molar-refractivity contribution in [2.24, 2.45) is 0 Å². The van der Waals surface area contributed by atoms with Crippen LogP contribution < -0.4 is 14.8 Å². The average Bonchev–Trinajstić information content (AvgIpc) is 2.78. The highest BCUT2D eigenvalue weighted by molar-refractivity contribution is 5.93. The number of carbonyl (C=O) groups excluding carboxylic acids is 2. The van der Waals surface area contributed by atoms with E-state index < -0.39 is 0 Å². The summed E-state index contributed by atoms with van der Waals surface area (Å²) in [5.74, 6) is 0.998. The van der Waals surface area contributed by atoms with Gasteiger partial charge in [-0.2, -0.15) is 0 Å². The van der Waals surface area contributed by atoms with Gasteiger partial charge >= 0.3 is 5.97 Å². The van der Waals surface area contributed by atoms with E-state index in [9.17, 15) is 9.59 Å². The van der Waals surface area contributed by atoms with E-state index in [1.807, 2.05) is 32.0 Å². The highest BCUT2D eigenvalue weighted by Gasteiger charge is 2.10. The van der Waals surface area contributed by atoms with Crippen molar-refractivity contribution in [1.29, 1.82) is 0 Å². The number of anilines is 1. The van der Waals surface area contributed by atoms with E-state index in [0.29, 0.717) is 49.7 Å². The van der Waals surface area contributed by atoms with Crippen LogP contribution in [0.25, 0.3) is 0 Å². The number of benzene rings is 2. The number of carbonyl (C=O) groups is 2. The van der Waals surface area contributed by atoms with E-state index in [2.05, 4.69) is 12.2 Å². The average molecular weight is 428 g/mol. The second kappa shape index (κ2) is 13.3. The zero-order valence-corrected chi connectivity index (χ0v) is 18.7. The molecule has 31 heavy (non-hydrogen) atoms. The lowest BCUT2D eigenvalue weighted by atomic mass is 10.1. The molecule has 168 valence electrons. The second-order valence-electron chi connectivity index (χ2n) is 7.18. The first kappa shape index (κ1) is 24.3. The summed E-state index contributed by atoms with van der Waals surface area (Å²) in [4.78, 5) is 24.2. The van der Waals surface area contributed by atoms with Gasteiger partial charge < -0.3 is 19.5 Å². The van der Waals surface area contributed by atoms with E-state index in [-0.39, 0.29) is 11.9 Å². The Morgan fingerprint density at radius 2 is 1.65 bits per heavy atom. The van der Waals surface area contributed by atoms with Gasteiger partial charge in [0.2, 0.25) is 5.91 Å². The van der Waals surface area contributed by atoms with Crippen molar-refractivity contribution in [1.82, 2.24) is 0 Å². The second-order valence-corrected chi connectivity index (χ2v) is 7.18. The molecule has 2 rings (SSSR count). The fourth-order valence-corrected chi connectivity index (χ4v) is 2.87. The Hall–Kier alpha value is -3.02. The van der Waals surface area contributed by atoms with E-state index >= 15 is 0 Å². The molecule has 0 aromatic heterocycles. The molecule has 0 radical (unpaired) electrons. The van der Waals surface area contributed by atoms with Crippen molar-refractivity contribution >= 4 is 17.6 Å². The maximum atomic E-state index is 12.3. The molecule has 0 saturated carbocycles.